The predicted octanol–water partition coefficient (Wildman–Crippen LogP) is 13.7. The first-order chi connectivity index (χ1) is 27.7. The normalized spacial score (nSPS) is 59.8. The van der Waals surface area contributed by atoms with Crippen LogP contribution in [0.2, 0.25) is 0 Å². The second-order valence-corrected chi connectivity index (χ2v) is 28.2. The van der Waals surface area contributed by atoms with Crippen molar-refractivity contribution in [2.45, 2.75) is 220 Å². The average Bonchev–Trinajstić information content (AvgIpc) is 3.11. The lowest BCUT2D eigenvalue weighted by Gasteiger charge is -2.66. The van der Waals surface area contributed by atoms with Gasteiger partial charge in [-0.15, -0.1) is 0 Å². The van der Waals surface area contributed by atoms with Crippen LogP contribution < -0.4 is 0 Å². The maximum absolute atomic E-state index is 14.7. The van der Waals surface area contributed by atoms with Crippen molar-refractivity contribution in [2.24, 2.45) is 88.8 Å². The van der Waals surface area contributed by atoms with Crippen molar-refractivity contribution >= 4 is 0 Å². The van der Waals surface area contributed by atoms with E-state index in [4.69, 9.17) is 0 Å². The summed E-state index contributed by atoms with van der Waals surface area (Å²) in [4.78, 5) is 0. The SMILES string of the molecule is Oc1c(C23CC4CC(CC(C4)C2)C3)c(C23CC4CC(CC(C4)C2)C3)c(C23CC4CC(CC(C4)C2)C3)c(C23CC4CC(CC(C4)C2)C3)c1C12CC3CC(CC(C3)C1)C2. The number of rotatable bonds is 5. The molecule has 1 N–H and O–H groups in total. The summed E-state index contributed by atoms with van der Waals surface area (Å²) >= 11 is 0. The molecule has 20 fully saturated rings. The van der Waals surface area contributed by atoms with Crippen molar-refractivity contribution in [2.75, 3.05) is 0 Å². The van der Waals surface area contributed by atoms with Crippen molar-refractivity contribution in [1.82, 2.24) is 0 Å². The lowest BCUT2D eigenvalue weighted by atomic mass is 9.38. The number of hydrogen-bond acceptors (Lipinski definition) is 1. The third-order valence-corrected chi connectivity index (χ3v) is 24.3. The lowest BCUT2D eigenvalue weighted by molar-refractivity contribution is -0.0335. The number of benzene rings is 1. The van der Waals surface area contributed by atoms with Gasteiger partial charge in [0.15, 0.2) is 0 Å². The van der Waals surface area contributed by atoms with Crippen LogP contribution in [0.5, 0.6) is 5.75 Å². The number of phenolic OH excluding ortho intramolecular Hbond substituents is 1. The molecule has 0 atom stereocenters. The van der Waals surface area contributed by atoms with Crippen LogP contribution >= 0.6 is 0 Å². The van der Waals surface area contributed by atoms with E-state index in [9.17, 15) is 5.11 Å². The maximum Gasteiger partial charge on any atom is 0.123 e. The van der Waals surface area contributed by atoms with E-state index in [0.717, 1.165) is 94.5 Å². The topological polar surface area (TPSA) is 20.2 Å². The molecule has 0 aromatic heterocycles. The molecule has 1 nitrogen and oxygen atoms in total. The quantitative estimate of drug-likeness (QED) is 0.317. The fourth-order valence-electron chi connectivity index (χ4n) is 25.4. The molecule has 0 spiro atoms. The van der Waals surface area contributed by atoms with Gasteiger partial charge in [-0.3, -0.25) is 0 Å². The molecule has 1 heteroatoms. The Hall–Kier alpha value is -0.980. The lowest BCUT2D eigenvalue weighted by Crippen LogP contribution is -2.58. The first kappa shape index (κ1) is 33.6. The fourth-order valence-corrected chi connectivity index (χ4v) is 25.4. The van der Waals surface area contributed by atoms with Gasteiger partial charge in [0.2, 0.25) is 0 Å². The van der Waals surface area contributed by atoms with Crippen molar-refractivity contribution in [1.29, 1.82) is 0 Å². The van der Waals surface area contributed by atoms with Gasteiger partial charge in [-0.05, 0) is 314 Å². The van der Waals surface area contributed by atoms with E-state index < -0.39 is 0 Å². The molecule has 0 amide bonds. The van der Waals surface area contributed by atoms with Crippen molar-refractivity contribution in [3.63, 3.8) is 0 Å². The summed E-state index contributed by atoms with van der Waals surface area (Å²) in [6.45, 7) is 0. The monoisotopic (exact) mass is 765 g/mol. The van der Waals surface area contributed by atoms with Gasteiger partial charge in [-0.2, -0.15) is 0 Å². The van der Waals surface area contributed by atoms with Crippen molar-refractivity contribution in [3.8, 4) is 5.75 Å². The second kappa shape index (κ2) is 10.8. The van der Waals surface area contributed by atoms with Crippen LogP contribution in [0.3, 0.4) is 0 Å². The summed E-state index contributed by atoms with van der Waals surface area (Å²) in [5, 5.41) is 14.7. The van der Waals surface area contributed by atoms with Gasteiger partial charge in [-0.1, -0.05) is 0 Å². The van der Waals surface area contributed by atoms with Gasteiger partial charge in [-0.25, -0.2) is 0 Å². The van der Waals surface area contributed by atoms with Crippen molar-refractivity contribution < 1.29 is 5.11 Å². The zero-order valence-electron chi connectivity index (χ0n) is 35.8. The second-order valence-electron chi connectivity index (χ2n) is 28.2. The minimum Gasteiger partial charge on any atom is -0.507 e. The zero-order chi connectivity index (χ0) is 36.8. The molecule has 306 valence electrons. The largest absolute Gasteiger partial charge is 0.507 e. The average molecular weight is 765 g/mol. The minimum absolute atomic E-state index is 0.269. The van der Waals surface area contributed by atoms with Crippen LogP contribution in [0.1, 0.15) is 220 Å². The molecule has 57 heavy (non-hydrogen) atoms. The Kier molecular flexibility index (Phi) is 6.36. The smallest absolute Gasteiger partial charge is 0.123 e. The maximum atomic E-state index is 14.7. The number of phenols is 1. The van der Waals surface area contributed by atoms with Gasteiger partial charge in [0, 0.05) is 22.0 Å². The summed E-state index contributed by atoms with van der Waals surface area (Å²) < 4.78 is 0. The molecule has 20 bridgehead atoms. The molecular weight excluding hydrogens is 689 g/mol. The van der Waals surface area contributed by atoms with E-state index in [-0.39, 0.29) is 10.8 Å². The van der Waals surface area contributed by atoms with Crippen LogP contribution in [-0.4, -0.2) is 5.11 Å². The molecule has 0 heterocycles. The first-order valence-electron chi connectivity index (χ1n) is 26.6. The Bertz CT molecular complexity index is 1650. The Morgan fingerprint density at radius 1 is 0.211 bits per heavy atom. The summed E-state index contributed by atoms with van der Waals surface area (Å²) in [5.41, 5.74) is 11.5. The van der Waals surface area contributed by atoms with E-state index in [2.05, 4.69) is 5.56 Å². The van der Waals surface area contributed by atoms with Crippen LogP contribution in [0.4, 0.5) is 0 Å². The fraction of sp³-hybridized carbons (Fsp3) is 0.893. The Labute approximate surface area is 345 Å². The van der Waals surface area contributed by atoms with Gasteiger partial charge >= 0.3 is 0 Å². The van der Waals surface area contributed by atoms with Gasteiger partial charge in [0.25, 0.3) is 0 Å². The Morgan fingerprint density at radius 3 is 0.491 bits per heavy atom. The molecule has 0 aliphatic heterocycles. The molecule has 1 aromatic carbocycles. The van der Waals surface area contributed by atoms with Crippen LogP contribution in [0.25, 0.3) is 0 Å². The standard InChI is InChI=1S/C56H76O/c57-51-49(55-25-40-10-41(26-55)12-42(11-40)27-55)47(53-19-34-4-35(20-53)6-36(5-34)21-53)46(52-16-31-1-32(17-52)3-33(2-31)18-52)48(54-22-37-7-38(23-54)9-39(8-37)24-54)50(51)56-28-43-13-44(29-56)15-45(14-43)30-56/h31-45,57H,1-30H2. The first-order valence-corrected chi connectivity index (χ1v) is 26.6. The van der Waals surface area contributed by atoms with E-state index in [1.165, 1.54) is 116 Å². The highest BCUT2D eigenvalue weighted by molar-refractivity contribution is 5.68. The highest BCUT2D eigenvalue weighted by Gasteiger charge is 2.66. The molecule has 0 radical (unpaired) electrons. The molecule has 20 aliphatic rings. The zero-order valence-corrected chi connectivity index (χ0v) is 35.8. The molecular formula is C56H76O. The van der Waals surface area contributed by atoms with E-state index in [1.807, 2.05) is 11.1 Å². The van der Waals surface area contributed by atoms with Gasteiger partial charge in [0.1, 0.15) is 5.75 Å². The van der Waals surface area contributed by atoms with Crippen molar-refractivity contribution in [3.05, 3.63) is 27.8 Å². The predicted molar refractivity (Wildman–Crippen MR) is 227 cm³/mol. The summed E-state index contributed by atoms with van der Waals surface area (Å²) in [5.74, 6) is 15.5. The van der Waals surface area contributed by atoms with Gasteiger partial charge < -0.3 is 5.11 Å². The molecule has 0 saturated heterocycles. The summed E-state index contributed by atoms with van der Waals surface area (Å²) in [6, 6.07) is 0. The molecule has 20 saturated carbocycles. The van der Waals surface area contributed by atoms with E-state index in [0.29, 0.717) is 16.2 Å². The Morgan fingerprint density at radius 2 is 0.333 bits per heavy atom. The molecule has 21 rings (SSSR count). The van der Waals surface area contributed by atoms with Crippen LogP contribution in [0, 0.1) is 88.8 Å². The number of hydrogen-bond donors (Lipinski definition) is 1. The minimum atomic E-state index is 0.269. The summed E-state index contributed by atoms with van der Waals surface area (Å²) in [7, 11) is 0. The van der Waals surface area contributed by atoms with E-state index >= 15 is 0 Å². The molecule has 0 unspecified atom stereocenters. The Balaban J connectivity index is 1.06. The highest BCUT2D eigenvalue weighted by Crippen LogP contribution is 2.75. The summed E-state index contributed by atoms with van der Waals surface area (Å²) in [6.07, 6.45) is 45.6. The van der Waals surface area contributed by atoms with Crippen LogP contribution in [-0.2, 0) is 27.1 Å². The molecule has 1 aromatic rings. The van der Waals surface area contributed by atoms with Gasteiger partial charge in [0.05, 0.1) is 0 Å². The van der Waals surface area contributed by atoms with Crippen LogP contribution in [0.15, 0.2) is 0 Å². The third kappa shape index (κ3) is 4.38. The third-order valence-electron chi connectivity index (χ3n) is 24.3. The highest BCUT2D eigenvalue weighted by atomic mass is 16.3. The molecule has 20 aliphatic carbocycles. The van der Waals surface area contributed by atoms with E-state index in [1.54, 1.807) is 88.2 Å². The number of aromatic hydroxyl groups is 1.